The van der Waals surface area contributed by atoms with Crippen molar-refractivity contribution in [2.24, 2.45) is 0 Å². The summed E-state index contributed by atoms with van der Waals surface area (Å²) in [6.07, 6.45) is 5.46. The maximum atomic E-state index is 12.9. The lowest BCUT2D eigenvalue weighted by molar-refractivity contribution is -0.124. The second-order valence-corrected chi connectivity index (χ2v) is 8.42. The third-order valence-electron chi connectivity index (χ3n) is 4.81. The lowest BCUT2D eigenvalue weighted by Gasteiger charge is -2.11. The molecule has 9 heteroatoms. The van der Waals surface area contributed by atoms with Crippen LogP contribution in [0.2, 0.25) is 5.02 Å². The zero-order chi connectivity index (χ0) is 20.4. The van der Waals surface area contributed by atoms with Gasteiger partial charge in [-0.2, -0.15) is 0 Å². The van der Waals surface area contributed by atoms with Crippen LogP contribution in [0.4, 0.5) is 5.69 Å². The van der Waals surface area contributed by atoms with E-state index in [1.165, 1.54) is 15.8 Å². The number of nitrogens with zero attached hydrogens (tertiary/aromatic N) is 2. The molecule has 0 radical (unpaired) electrons. The van der Waals surface area contributed by atoms with Crippen LogP contribution in [0.1, 0.15) is 23.3 Å². The minimum absolute atomic E-state index is 0.184. The van der Waals surface area contributed by atoms with Gasteiger partial charge in [0.05, 0.1) is 18.3 Å². The van der Waals surface area contributed by atoms with Gasteiger partial charge >= 0.3 is 0 Å². The molecule has 0 spiro atoms. The summed E-state index contributed by atoms with van der Waals surface area (Å²) in [5.41, 5.74) is 1.43. The number of aryl methyl sites for hydroxylation is 2. The van der Waals surface area contributed by atoms with Crippen molar-refractivity contribution in [2.45, 2.75) is 32.2 Å². The van der Waals surface area contributed by atoms with Crippen molar-refractivity contribution in [3.63, 3.8) is 0 Å². The number of aromatic nitrogens is 2. The largest absolute Gasteiger partial charge is 0.345 e. The Kier molecular flexibility index (Phi) is 5.64. The van der Waals surface area contributed by atoms with Gasteiger partial charge in [0, 0.05) is 15.6 Å². The van der Waals surface area contributed by atoms with E-state index in [-0.39, 0.29) is 24.6 Å². The van der Waals surface area contributed by atoms with E-state index in [9.17, 15) is 14.4 Å². The van der Waals surface area contributed by atoms with Crippen LogP contribution in [-0.4, -0.2) is 27.9 Å². The second kappa shape index (κ2) is 8.34. The van der Waals surface area contributed by atoms with E-state index >= 15 is 0 Å². The van der Waals surface area contributed by atoms with Crippen molar-refractivity contribution in [3.05, 3.63) is 56.4 Å². The topological polar surface area (TPSA) is 93.1 Å². The summed E-state index contributed by atoms with van der Waals surface area (Å²) >= 11 is 7.45. The highest BCUT2D eigenvalue weighted by atomic mass is 35.5. The van der Waals surface area contributed by atoms with E-state index in [1.807, 2.05) is 0 Å². The molecular formula is C20H19ClN4O3S. The fourth-order valence-corrected chi connectivity index (χ4v) is 4.86. The molecule has 2 heterocycles. The molecule has 2 amide bonds. The van der Waals surface area contributed by atoms with Crippen molar-refractivity contribution in [1.82, 2.24) is 14.9 Å². The van der Waals surface area contributed by atoms with Gasteiger partial charge in [0.2, 0.25) is 11.8 Å². The van der Waals surface area contributed by atoms with E-state index in [2.05, 4.69) is 15.6 Å². The van der Waals surface area contributed by atoms with Crippen LogP contribution in [0.5, 0.6) is 0 Å². The molecule has 0 fully saturated rings. The Labute approximate surface area is 175 Å². The lowest BCUT2D eigenvalue weighted by atomic mass is 9.97. The highest BCUT2D eigenvalue weighted by molar-refractivity contribution is 7.18. The zero-order valence-electron chi connectivity index (χ0n) is 15.5. The Balaban J connectivity index is 1.40. The second-order valence-electron chi connectivity index (χ2n) is 6.90. The maximum absolute atomic E-state index is 12.9. The molecule has 150 valence electrons. The number of hydrogen-bond acceptors (Lipinski definition) is 5. The van der Waals surface area contributed by atoms with E-state index in [0.29, 0.717) is 16.1 Å². The molecule has 2 aromatic heterocycles. The van der Waals surface area contributed by atoms with Crippen LogP contribution in [0.15, 0.2) is 35.4 Å². The van der Waals surface area contributed by atoms with Crippen molar-refractivity contribution in [1.29, 1.82) is 0 Å². The molecule has 1 aliphatic carbocycles. The molecule has 3 aromatic rings. The number of halogens is 1. The Bertz CT molecular complexity index is 1150. The Morgan fingerprint density at radius 2 is 2.03 bits per heavy atom. The molecule has 2 N–H and O–H groups in total. The normalized spacial score (nSPS) is 13.1. The van der Waals surface area contributed by atoms with Crippen LogP contribution >= 0.6 is 22.9 Å². The van der Waals surface area contributed by atoms with Gasteiger partial charge in [-0.1, -0.05) is 17.7 Å². The molecule has 0 aliphatic heterocycles. The number of amides is 2. The first kappa shape index (κ1) is 19.6. The van der Waals surface area contributed by atoms with Gasteiger partial charge in [0.25, 0.3) is 5.56 Å². The number of hydrogen-bond donors (Lipinski definition) is 2. The SMILES string of the molecule is O=C(Cn1cnc2sc3c(c2c1=O)CCCC3)NCC(=O)Nc1cccc(Cl)c1. The number of anilines is 1. The number of carbonyl (C=O) groups excluding carboxylic acids is 2. The van der Waals surface area contributed by atoms with Crippen LogP contribution in [0, 0.1) is 0 Å². The third-order valence-corrected chi connectivity index (χ3v) is 6.25. The minimum Gasteiger partial charge on any atom is -0.345 e. The highest BCUT2D eigenvalue weighted by Gasteiger charge is 2.20. The van der Waals surface area contributed by atoms with E-state index < -0.39 is 5.91 Å². The van der Waals surface area contributed by atoms with E-state index in [4.69, 9.17) is 11.6 Å². The van der Waals surface area contributed by atoms with Crippen LogP contribution < -0.4 is 16.2 Å². The number of nitrogens with one attached hydrogen (secondary N) is 2. The molecule has 0 unspecified atom stereocenters. The number of thiophene rings is 1. The van der Waals surface area contributed by atoms with Crippen molar-refractivity contribution < 1.29 is 9.59 Å². The monoisotopic (exact) mass is 430 g/mol. The predicted octanol–water partition coefficient (Wildman–Crippen LogP) is 2.75. The number of carbonyl (C=O) groups is 2. The molecule has 29 heavy (non-hydrogen) atoms. The van der Waals surface area contributed by atoms with Crippen molar-refractivity contribution >= 4 is 50.7 Å². The van der Waals surface area contributed by atoms with Gasteiger partial charge < -0.3 is 10.6 Å². The lowest BCUT2D eigenvalue weighted by Crippen LogP contribution is -2.37. The molecule has 1 aliphatic rings. The molecule has 4 rings (SSSR count). The summed E-state index contributed by atoms with van der Waals surface area (Å²) in [6.45, 7) is -0.388. The van der Waals surface area contributed by atoms with Crippen molar-refractivity contribution in [2.75, 3.05) is 11.9 Å². The third kappa shape index (κ3) is 4.33. The first-order valence-corrected chi connectivity index (χ1v) is 10.5. The summed E-state index contributed by atoms with van der Waals surface area (Å²) in [6, 6.07) is 6.73. The molecular weight excluding hydrogens is 412 g/mol. The predicted molar refractivity (Wildman–Crippen MR) is 114 cm³/mol. The molecule has 0 atom stereocenters. The van der Waals surface area contributed by atoms with Gasteiger partial charge in [-0.05, 0) is 49.4 Å². The van der Waals surface area contributed by atoms with Gasteiger partial charge in [0.1, 0.15) is 11.4 Å². The first-order chi connectivity index (χ1) is 14.0. The van der Waals surface area contributed by atoms with E-state index in [1.54, 1.807) is 35.6 Å². The van der Waals surface area contributed by atoms with Crippen LogP contribution in [-0.2, 0) is 29.0 Å². The van der Waals surface area contributed by atoms with Gasteiger partial charge in [-0.25, -0.2) is 4.98 Å². The molecule has 0 saturated carbocycles. The summed E-state index contributed by atoms with van der Waals surface area (Å²) in [4.78, 5) is 43.4. The fraction of sp³-hybridized carbons (Fsp3) is 0.300. The average Bonchev–Trinajstić information content (AvgIpc) is 3.08. The maximum Gasteiger partial charge on any atom is 0.262 e. The molecule has 7 nitrogen and oxygen atoms in total. The Morgan fingerprint density at radius 1 is 1.21 bits per heavy atom. The standard InChI is InChI=1S/C20H19ClN4O3S/c21-12-4-3-5-13(8-12)24-16(26)9-22-17(27)10-25-11-23-19-18(20(25)28)14-6-1-2-7-15(14)29-19/h3-5,8,11H,1-2,6-7,9-10H2,(H,22,27)(H,24,26). The van der Waals surface area contributed by atoms with Crippen LogP contribution in [0.3, 0.4) is 0 Å². The molecule has 1 aromatic carbocycles. The molecule has 0 saturated heterocycles. The quantitative estimate of drug-likeness (QED) is 0.650. The summed E-state index contributed by atoms with van der Waals surface area (Å²) in [5.74, 6) is -0.813. The van der Waals surface area contributed by atoms with E-state index in [0.717, 1.165) is 36.1 Å². The Morgan fingerprint density at radius 3 is 2.86 bits per heavy atom. The summed E-state index contributed by atoms with van der Waals surface area (Å²) in [7, 11) is 0. The Hall–Kier alpha value is -2.71. The smallest absolute Gasteiger partial charge is 0.262 e. The summed E-state index contributed by atoms with van der Waals surface area (Å²) < 4.78 is 1.30. The number of benzene rings is 1. The minimum atomic E-state index is -0.432. The zero-order valence-corrected chi connectivity index (χ0v) is 17.1. The van der Waals surface area contributed by atoms with Gasteiger partial charge in [-0.3, -0.25) is 19.0 Å². The number of fused-ring (bicyclic) bond motifs is 3. The number of rotatable bonds is 5. The first-order valence-electron chi connectivity index (χ1n) is 9.33. The van der Waals surface area contributed by atoms with Gasteiger partial charge in [0.15, 0.2) is 0 Å². The fourth-order valence-electron chi connectivity index (χ4n) is 3.45. The highest BCUT2D eigenvalue weighted by Crippen LogP contribution is 2.33. The summed E-state index contributed by atoms with van der Waals surface area (Å²) in [5, 5.41) is 6.32. The van der Waals surface area contributed by atoms with Crippen molar-refractivity contribution in [3.8, 4) is 0 Å². The van der Waals surface area contributed by atoms with Crippen LogP contribution in [0.25, 0.3) is 10.2 Å². The molecule has 0 bridgehead atoms. The average molecular weight is 431 g/mol. The van der Waals surface area contributed by atoms with Gasteiger partial charge in [-0.15, -0.1) is 11.3 Å².